The molecule has 2 aromatic rings. The van der Waals surface area contributed by atoms with Gasteiger partial charge in [0.15, 0.2) is 0 Å². The van der Waals surface area contributed by atoms with E-state index in [0.29, 0.717) is 12.2 Å². The van der Waals surface area contributed by atoms with Crippen molar-refractivity contribution in [3.05, 3.63) is 40.2 Å². The van der Waals surface area contributed by atoms with E-state index in [2.05, 4.69) is 5.32 Å². The lowest BCUT2D eigenvalue weighted by Crippen LogP contribution is -2.24. The molecule has 0 bridgehead atoms. The number of rotatable bonds is 5. The number of carbonyl (C=O) groups is 2. The van der Waals surface area contributed by atoms with Crippen molar-refractivity contribution >= 4 is 33.8 Å². The summed E-state index contributed by atoms with van der Waals surface area (Å²) in [5.74, 6) is 0.456. The van der Waals surface area contributed by atoms with Crippen LogP contribution in [0.15, 0.2) is 29.1 Å². The lowest BCUT2D eigenvalue weighted by Gasteiger charge is -2.13. The highest BCUT2D eigenvalue weighted by Gasteiger charge is 2.30. The van der Waals surface area contributed by atoms with Gasteiger partial charge in [-0.3, -0.25) is 19.7 Å². The lowest BCUT2D eigenvalue weighted by atomic mass is 10.0. The minimum atomic E-state index is -0.300. The molecule has 7 heteroatoms. The van der Waals surface area contributed by atoms with Crippen LogP contribution in [0.3, 0.4) is 0 Å². The molecule has 1 aliphatic heterocycles. The van der Waals surface area contributed by atoms with Gasteiger partial charge in [0.1, 0.15) is 5.75 Å². The third-order valence-corrected chi connectivity index (χ3v) is 5.28. The zero-order valence-electron chi connectivity index (χ0n) is 13.5. The van der Waals surface area contributed by atoms with E-state index < -0.39 is 0 Å². The maximum atomic E-state index is 11.9. The Hall–Kier alpha value is -2.28. The summed E-state index contributed by atoms with van der Waals surface area (Å²) < 4.78 is 6.96. The number of imide groups is 1. The van der Waals surface area contributed by atoms with Gasteiger partial charge in [-0.2, -0.15) is 0 Å². The molecule has 0 saturated carbocycles. The van der Waals surface area contributed by atoms with Crippen molar-refractivity contribution in [2.75, 3.05) is 7.11 Å². The van der Waals surface area contributed by atoms with Crippen LogP contribution in [-0.2, 0) is 18.3 Å². The van der Waals surface area contributed by atoms with Crippen molar-refractivity contribution in [3.8, 4) is 5.75 Å². The maximum Gasteiger partial charge on any atom is 0.286 e. The Morgan fingerprint density at radius 3 is 2.67 bits per heavy atom. The number of carbonyl (C=O) groups excluding carboxylic acids is 2. The predicted molar refractivity (Wildman–Crippen MR) is 93.6 cm³/mol. The minimum absolute atomic E-state index is 0.0875. The Morgan fingerprint density at radius 2 is 2.00 bits per heavy atom. The normalized spacial score (nSPS) is 17.3. The minimum Gasteiger partial charge on any atom is -0.495 e. The summed E-state index contributed by atoms with van der Waals surface area (Å²) in [6.45, 7) is 0. The smallest absolute Gasteiger partial charge is 0.286 e. The van der Waals surface area contributed by atoms with Crippen molar-refractivity contribution in [2.24, 2.45) is 7.05 Å². The second-order valence-electron chi connectivity index (χ2n) is 5.70. The van der Waals surface area contributed by atoms with Gasteiger partial charge in [-0.15, -0.1) is 0 Å². The Morgan fingerprint density at radius 1 is 1.21 bits per heavy atom. The molecule has 1 fully saturated rings. The van der Waals surface area contributed by atoms with Gasteiger partial charge in [-0.1, -0.05) is 17.8 Å². The average molecular weight is 346 g/mol. The van der Waals surface area contributed by atoms with E-state index in [9.17, 15) is 14.4 Å². The van der Waals surface area contributed by atoms with Gasteiger partial charge < -0.3 is 9.30 Å². The first-order chi connectivity index (χ1) is 11.5. The molecule has 2 amide bonds. The molecule has 126 valence electrons. The summed E-state index contributed by atoms with van der Waals surface area (Å²) in [6.07, 6.45) is 2.18. The standard InChI is InChI=1S/C17H18N2O4S/c1-19-14(20)9-7-11-10(6-8-12(23-2)15(11)19)4-3-5-13-16(21)18-17(22)24-13/h6-9,13H,3-5H2,1-2H3,(H,18,21,22). The fraction of sp³-hybridized carbons (Fsp3) is 0.353. The van der Waals surface area contributed by atoms with Crippen molar-refractivity contribution < 1.29 is 14.3 Å². The first kappa shape index (κ1) is 16.6. The second-order valence-corrected chi connectivity index (χ2v) is 6.87. The van der Waals surface area contributed by atoms with Gasteiger partial charge in [0.25, 0.3) is 10.8 Å². The van der Waals surface area contributed by atoms with Crippen LogP contribution in [0.25, 0.3) is 10.9 Å². The van der Waals surface area contributed by atoms with Crippen LogP contribution in [0.4, 0.5) is 4.79 Å². The van der Waals surface area contributed by atoms with Crippen LogP contribution in [0, 0.1) is 0 Å². The number of pyridine rings is 1. The number of hydrogen-bond donors (Lipinski definition) is 1. The van der Waals surface area contributed by atoms with E-state index in [1.165, 1.54) is 0 Å². The number of methoxy groups -OCH3 is 1. The number of nitrogens with one attached hydrogen (secondary N) is 1. The molecule has 1 aromatic heterocycles. The summed E-state index contributed by atoms with van der Waals surface area (Å²) in [5, 5.41) is 2.70. The third kappa shape index (κ3) is 3.03. The number of nitrogens with zero attached hydrogens (tertiary/aromatic N) is 1. The van der Waals surface area contributed by atoms with Gasteiger partial charge in [-0.05, 0) is 37.0 Å². The molecule has 1 aliphatic rings. The predicted octanol–water partition coefficient (Wildman–Crippen LogP) is 2.22. The largest absolute Gasteiger partial charge is 0.495 e. The summed E-state index contributed by atoms with van der Waals surface area (Å²) in [6, 6.07) is 7.20. The fourth-order valence-electron chi connectivity index (χ4n) is 2.98. The number of hydrogen-bond acceptors (Lipinski definition) is 5. The van der Waals surface area contributed by atoms with Crippen molar-refractivity contribution in [1.29, 1.82) is 0 Å². The molecule has 1 saturated heterocycles. The second kappa shape index (κ2) is 6.68. The van der Waals surface area contributed by atoms with Crippen LogP contribution < -0.4 is 15.6 Å². The summed E-state index contributed by atoms with van der Waals surface area (Å²) >= 11 is 1.06. The van der Waals surface area contributed by atoms with Crippen molar-refractivity contribution in [1.82, 2.24) is 9.88 Å². The molecular formula is C17H18N2O4S. The molecule has 1 aromatic carbocycles. The average Bonchev–Trinajstić information content (AvgIpc) is 2.88. The van der Waals surface area contributed by atoms with Gasteiger partial charge in [0.2, 0.25) is 5.91 Å². The maximum absolute atomic E-state index is 11.9. The van der Waals surface area contributed by atoms with Gasteiger partial charge in [-0.25, -0.2) is 0 Å². The molecule has 1 N–H and O–H groups in total. The highest BCUT2D eigenvalue weighted by Crippen LogP contribution is 2.29. The van der Waals surface area contributed by atoms with Crippen LogP contribution in [0.1, 0.15) is 18.4 Å². The van der Waals surface area contributed by atoms with E-state index >= 15 is 0 Å². The van der Waals surface area contributed by atoms with Crippen molar-refractivity contribution in [2.45, 2.75) is 24.5 Å². The zero-order chi connectivity index (χ0) is 17.3. The van der Waals surface area contributed by atoms with Crippen LogP contribution in [-0.4, -0.2) is 28.1 Å². The third-order valence-electron chi connectivity index (χ3n) is 4.23. The van der Waals surface area contributed by atoms with Gasteiger partial charge in [0.05, 0.1) is 17.9 Å². The first-order valence-corrected chi connectivity index (χ1v) is 8.56. The number of amides is 2. The van der Waals surface area contributed by atoms with Crippen LogP contribution >= 0.6 is 11.8 Å². The molecule has 1 atom stereocenters. The number of aromatic nitrogens is 1. The molecule has 0 aliphatic carbocycles. The zero-order valence-corrected chi connectivity index (χ0v) is 14.3. The lowest BCUT2D eigenvalue weighted by molar-refractivity contribution is -0.119. The molecular weight excluding hydrogens is 328 g/mol. The van der Waals surface area contributed by atoms with Gasteiger partial charge >= 0.3 is 0 Å². The van der Waals surface area contributed by atoms with Crippen molar-refractivity contribution in [3.63, 3.8) is 0 Å². The summed E-state index contributed by atoms with van der Waals surface area (Å²) in [5.41, 5.74) is 1.78. The molecule has 2 heterocycles. The highest BCUT2D eigenvalue weighted by atomic mass is 32.2. The van der Waals surface area contributed by atoms with E-state index in [0.717, 1.165) is 41.1 Å². The topological polar surface area (TPSA) is 77.4 Å². The monoisotopic (exact) mass is 346 g/mol. The molecule has 1 unspecified atom stereocenters. The Labute approximate surface area is 143 Å². The molecule has 24 heavy (non-hydrogen) atoms. The first-order valence-electron chi connectivity index (χ1n) is 7.68. The van der Waals surface area contributed by atoms with E-state index in [-0.39, 0.29) is 22.0 Å². The number of fused-ring (bicyclic) bond motifs is 1. The molecule has 0 radical (unpaired) electrons. The quantitative estimate of drug-likeness (QED) is 0.898. The van der Waals surface area contributed by atoms with E-state index in [1.54, 1.807) is 24.8 Å². The number of benzene rings is 1. The fourth-order valence-corrected chi connectivity index (χ4v) is 3.85. The van der Waals surface area contributed by atoms with E-state index in [1.807, 2.05) is 18.2 Å². The summed E-state index contributed by atoms with van der Waals surface area (Å²) in [4.78, 5) is 34.7. The number of aryl methyl sites for hydroxylation is 2. The van der Waals surface area contributed by atoms with E-state index in [4.69, 9.17) is 4.74 Å². The summed E-state index contributed by atoms with van der Waals surface area (Å²) in [7, 11) is 3.31. The molecule has 3 rings (SSSR count). The van der Waals surface area contributed by atoms with Crippen LogP contribution in [0.2, 0.25) is 0 Å². The Bertz CT molecular complexity index is 875. The highest BCUT2D eigenvalue weighted by molar-refractivity contribution is 8.15. The molecule has 0 spiro atoms. The SMILES string of the molecule is COc1ccc(CCCC2SC(=O)NC2=O)c2ccc(=O)n(C)c12. The Kier molecular flexibility index (Phi) is 4.62. The number of thioether (sulfide) groups is 1. The number of ether oxygens (including phenoxy) is 1. The Balaban J connectivity index is 1.83. The molecule has 6 nitrogen and oxygen atoms in total. The van der Waals surface area contributed by atoms with Crippen LogP contribution in [0.5, 0.6) is 5.75 Å². The van der Waals surface area contributed by atoms with Gasteiger partial charge in [0, 0.05) is 18.5 Å².